The first-order valence-corrected chi connectivity index (χ1v) is 10.1. The van der Waals surface area contributed by atoms with Crippen molar-refractivity contribution >= 4 is 23.4 Å². The molecular formula is C23H25ClN2O4. The molecule has 3 rings (SSSR count). The summed E-state index contributed by atoms with van der Waals surface area (Å²) in [6.45, 7) is 4.44. The Kier molecular flexibility index (Phi) is 7.13. The van der Waals surface area contributed by atoms with Crippen LogP contribution in [0, 0.1) is 0 Å². The number of carbonyl (C=O) groups is 2. The zero-order chi connectivity index (χ0) is 21.7. The number of hydrogen-bond acceptors (Lipinski definition) is 6. The predicted octanol–water partition coefficient (Wildman–Crippen LogP) is 3.97. The number of esters is 1. The molecule has 0 saturated carbocycles. The maximum Gasteiger partial charge on any atom is 0.337 e. The van der Waals surface area contributed by atoms with Crippen LogP contribution < -0.4 is 10.1 Å². The molecule has 0 aliphatic carbocycles. The van der Waals surface area contributed by atoms with Gasteiger partial charge in [0, 0.05) is 16.3 Å². The molecule has 1 N–H and O–H groups in total. The van der Waals surface area contributed by atoms with Gasteiger partial charge in [0.25, 0.3) is 0 Å². The predicted molar refractivity (Wildman–Crippen MR) is 116 cm³/mol. The molecule has 0 spiro atoms. The minimum atomic E-state index is -0.424. The van der Waals surface area contributed by atoms with Gasteiger partial charge in [-0.25, -0.2) is 4.79 Å². The van der Waals surface area contributed by atoms with E-state index in [1.54, 1.807) is 38.3 Å². The first-order chi connectivity index (χ1) is 14.4. The van der Waals surface area contributed by atoms with Crippen LogP contribution in [0.5, 0.6) is 5.75 Å². The van der Waals surface area contributed by atoms with Crippen molar-refractivity contribution in [3.05, 3.63) is 76.0 Å². The van der Waals surface area contributed by atoms with E-state index in [1.165, 1.54) is 0 Å². The number of nitrogens with zero attached hydrogens (tertiary/aromatic N) is 1. The van der Waals surface area contributed by atoms with E-state index < -0.39 is 12.0 Å². The van der Waals surface area contributed by atoms with E-state index in [-0.39, 0.29) is 18.9 Å². The van der Waals surface area contributed by atoms with Gasteiger partial charge < -0.3 is 14.8 Å². The molecule has 1 aliphatic heterocycles. The second-order valence-corrected chi connectivity index (χ2v) is 7.38. The van der Waals surface area contributed by atoms with Crippen molar-refractivity contribution < 1.29 is 19.1 Å². The van der Waals surface area contributed by atoms with Gasteiger partial charge in [-0.15, -0.1) is 0 Å². The number of carbonyl (C=O) groups excluding carboxylic acids is 2. The zero-order valence-corrected chi connectivity index (χ0v) is 18.0. The van der Waals surface area contributed by atoms with Gasteiger partial charge in [0.2, 0.25) is 0 Å². The third-order valence-corrected chi connectivity index (χ3v) is 5.28. The second kappa shape index (κ2) is 9.78. The fourth-order valence-electron chi connectivity index (χ4n) is 3.49. The number of rotatable bonds is 7. The maximum atomic E-state index is 12.9. The summed E-state index contributed by atoms with van der Waals surface area (Å²) in [5, 5.41) is 3.79. The smallest absolute Gasteiger partial charge is 0.337 e. The third-order valence-electron chi connectivity index (χ3n) is 5.03. The first kappa shape index (κ1) is 21.9. The number of ether oxygens (including phenoxy) is 2. The molecule has 0 bridgehead atoms. The number of nitrogens with one attached hydrogen (secondary N) is 1. The molecule has 0 saturated heterocycles. The van der Waals surface area contributed by atoms with Gasteiger partial charge in [-0.2, -0.15) is 0 Å². The summed E-state index contributed by atoms with van der Waals surface area (Å²) in [6.07, 6.45) is 0. The van der Waals surface area contributed by atoms with E-state index in [1.807, 2.05) is 36.1 Å². The summed E-state index contributed by atoms with van der Waals surface area (Å²) in [5.74, 6) is 0.261. The van der Waals surface area contributed by atoms with Gasteiger partial charge in [-0.1, -0.05) is 23.7 Å². The fourth-order valence-corrected chi connectivity index (χ4v) is 3.62. The SMILES string of the molecule is CCOC(=O)C1=C(C)NCN(CC(=O)c2ccc(Cl)cc2)C1c1ccc(OC)cc1. The van der Waals surface area contributed by atoms with Gasteiger partial charge in [-0.3, -0.25) is 9.69 Å². The second-order valence-electron chi connectivity index (χ2n) is 6.95. The highest BCUT2D eigenvalue weighted by atomic mass is 35.5. The molecule has 7 heteroatoms. The van der Waals surface area contributed by atoms with E-state index >= 15 is 0 Å². The number of methoxy groups -OCH3 is 1. The van der Waals surface area contributed by atoms with Crippen LogP contribution in [0.4, 0.5) is 0 Å². The molecule has 2 aromatic carbocycles. The molecule has 30 heavy (non-hydrogen) atoms. The summed E-state index contributed by atoms with van der Waals surface area (Å²) in [5.41, 5.74) is 2.68. The van der Waals surface area contributed by atoms with E-state index in [9.17, 15) is 9.59 Å². The Balaban J connectivity index is 1.96. The molecule has 0 amide bonds. The molecule has 1 unspecified atom stereocenters. The Bertz CT molecular complexity index is 939. The topological polar surface area (TPSA) is 67.9 Å². The molecule has 1 heterocycles. The van der Waals surface area contributed by atoms with E-state index in [0.29, 0.717) is 22.8 Å². The number of hydrogen-bond donors (Lipinski definition) is 1. The van der Waals surface area contributed by atoms with Crippen LogP contribution in [0.1, 0.15) is 35.8 Å². The summed E-state index contributed by atoms with van der Waals surface area (Å²) in [6, 6.07) is 13.9. The molecule has 158 valence electrons. The van der Waals surface area contributed by atoms with Gasteiger partial charge in [0.15, 0.2) is 5.78 Å². The van der Waals surface area contributed by atoms with E-state index in [2.05, 4.69) is 5.32 Å². The van der Waals surface area contributed by atoms with Crippen molar-refractivity contribution in [3.63, 3.8) is 0 Å². The monoisotopic (exact) mass is 428 g/mol. The highest BCUT2D eigenvalue weighted by Crippen LogP contribution is 2.34. The molecule has 1 atom stereocenters. The van der Waals surface area contributed by atoms with Crippen molar-refractivity contribution in [2.24, 2.45) is 0 Å². The quantitative estimate of drug-likeness (QED) is 0.531. The summed E-state index contributed by atoms with van der Waals surface area (Å²) < 4.78 is 10.6. The van der Waals surface area contributed by atoms with Crippen molar-refractivity contribution in [1.82, 2.24) is 10.2 Å². The fraction of sp³-hybridized carbons (Fsp3) is 0.304. The number of allylic oxidation sites excluding steroid dienone is 1. The normalized spacial score (nSPS) is 16.7. The Morgan fingerprint density at radius 3 is 2.40 bits per heavy atom. The molecule has 0 radical (unpaired) electrons. The zero-order valence-electron chi connectivity index (χ0n) is 17.3. The summed E-state index contributed by atoms with van der Waals surface area (Å²) in [4.78, 5) is 27.6. The molecule has 0 fully saturated rings. The lowest BCUT2D eigenvalue weighted by molar-refractivity contribution is -0.139. The minimum Gasteiger partial charge on any atom is -0.497 e. The van der Waals surface area contributed by atoms with Gasteiger partial charge >= 0.3 is 5.97 Å². The average molecular weight is 429 g/mol. The van der Waals surface area contributed by atoms with Crippen LogP contribution in [0.25, 0.3) is 0 Å². The van der Waals surface area contributed by atoms with Crippen LogP contribution >= 0.6 is 11.6 Å². The highest BCUT2D eigenvalue weighted by molar-refractivity contribution is 6.30. The molecule has 1 aliphatic rings. The van der Waals surface area contributed by atoms with Crippen LogP contribution in [0.15, 0.2) is 59.8 Å². The van der Waals surface area contributed by atoms with Crippen LogP contribution in [-0.2, 0) is 9.53 Å². The largest absolute Gasteiger partial charge is 0.497 e. The molecule has 0 aromatic heterocycles. The lowest BCUT2D eigenvalue weighted by Crippen LogP contribution is -2.46. The molecular weight excluding hydrogens is 404 g/mol. The van der Waals surface area contributed by atoms with Crippen molar-refractivity contribution in [2.75, 3.05) is 26.9 Å². The van der Waals surface area contributed by atoms with Crippen LogP contribution in [-0.4, -0.2) is 43.6 Å². The Labute approximate surface area is 181 Å². The molecule has 6 nitrogen and oxygen atoms in total. The van der Waals surface area contributed by atoms with Crippen molar-refractivity contribution in [2.45, 2.75) is 19.9 Å². The summed E-state index contributed by atoms with van der Waals surface area (Å²) >= 11 is 5.94. The van der Waals surface area contributed by atoms with E-state index in [4.69, 9.17) is 21.1 Å². The minimum absolute atomic E-state index is 0.0604. The van der Waals surface area contributed by atoms with Crippen LogP contribution in [0.3, 0.4) is 0 Å². The Morgan fingerprint density at radius 1 is 1.13 bits per heavy atom. The van der Waals surface area contributed by atoms with Gasteiger partial charge in [-0.05, 0) is 55.8 Å². The number of Topliss-reactive ketones (excluding diaryl/α,β-unsaturated/α-hetero) is 1. The maximum absolute atomic E-state index is 12.9. The van der Waals surface area contributed by atoms with E-state index in [0.717, 1.165) is 17.0 Å². The summed E-state index contributed by atoms with van der Waals surface area (Å²) in [7, 11) is 1.60. The van der Waals surface area contributed by atoms with Crippen molar-refractivity contribution in [3.8, 4) is 5.75 Å². The molecule has 2 aromatic rings. The van der Waals surface area contributed by atoms with Crippen LogP contribution in [0.2, 0.25) is 5.02 Å². The van der Waals surface area contributed by atoms with Gasteiger partial charge in [0.1, 0.15) is 5.75 Å². The lowest BCUT2D eigenvalue weighted by atomic mass is 9.93. The Hall–Kier alpha value is -2.83. The van der Waals surface area contributed by atoms with Gasteiger partial charge in [0.05, 0.1) is 38.5 Å². The number of halogens is 1. The van der Waals surface area contributed by atoms with Crippen molar-refractivity contribution in [1.29, 1.82) is 0 Å². The number of ketones is 1. The first-order valence-electron chi connectivity index (χ1n) is 9.73. The Morgan fingerprint density at radius 2 is 1.80 bits per heavy atom. The number of benzene rings is 2. The average Bonchev–Trinajstić information content (AvgIpc) is 2.75. The standard InChI is InChI=1S/C23H25ClN2O4/c1-4-30-23(28)21-15(2)25-14-26(13-20(27)16-5-9-18(24)10-6-16)22(21)17-7-11-19(29-3)12-8-17/h5-12,22,25H,4,13-14H2,1-3H3. The highest BCUT2D eigenvalue weighted by Gasteiger charge is 2.35. The lowest BCUT2D eigenvalue weighted by Gasteiger charge is -2.38. The third kappa shape index (κ3) is 4.83.